The number of hydrogen-bond donors (Lipinski definition) is 1. The number of carbonyl (C=O) groups is 1. The number of rotatable bonds is 3. The van der Waals surface area contributed by atoms with Gasteiger partial charge in [-0.15, -0.1) is 0 Å². The van der Waals surface area contributed by atoms with Crippen LogP contribution in [-0.4, -0.2) is 17.5 Å². The second kappa shape index (κ2) is 8.41. The molecule has 4 heteroatoms. The second-order valence-corrected chi connectivity index (χ2v) is 8.33. The molecule has 3 aliphatic rings. The highest BCUT2D eigenvalue weighted by Crippen LogP contribution is 2.42. The number of carbonyl (C=O) groups excluding carboxylic acids is 1. The Kier molecular flexibility index (Phi) is 5.76. The summed E-state index contributed by atoms with van der Waals surface area (Å²) in [7, 11) is 0. The first-order valence-electron chi connectivity index (χ1n) is 10.8. The third-order valence-electron chi connectivity index (χ3n) is 6.52. The van der Waals surface area contributed by atoms with Crippen LogP contribution in [0.3, 0.4) is 0 Å². The van der Waals surface area contributed by atoms with Gasteiger partial charge in [-0.3, -0.25) is 4.79 Å². The van der Waals surface area contributed by atoms with Gasteiger partial charge in [-0.1, -0.05) is 51.4 Å². The number of fused-ring (bicyclic) bond motifs is 1. The van der Waals surface area contributed by atoms with E-state index in [1.165, 1.54) is 75.3 Å². The highest BCUT2D eigenvalue weighted by atomic mass is 16.5. The molecule has 0 radical (unpaired) electrons. The Morgan fingerprint density at radius 1 is 0.962 bits per heavy atom. The summed E-state index contributed by atoms with van der Waals surface area (Å²) in [6.07, 6.45) is 17.5. The van der Waals surface area contributed by atoms with Crippen molar-refractivity contribution in [3.63, 3.8) is 0 Å². The molecule has 2 fully saturated rings. The van der Waals surface area contributed by atoms with Gasteiger partial charge >= 0.3 is 0 Å². The highest BCUT2D eigenvalue weighted by Gasteiger charge is 2.29. The maximum atomic E-state index is 13.0. The Balaban J connectivity index is 1.59. The zero-order valence-corrected chi connectivity index (χ0v) is 15.9. The molecule has 0 saturated heterocycles. The van der Waals surface area contributed by atoms with E-state index in [2.05, 4.69) is 10.3 Å². The van der Waals surface area contributed by atoms with Crippen molar-refractivity contribution in [2.24, 2.45) is 5.92 Å². The fourth-order valence-electron chi connectivity index (χ4n) is 5.07. The first-order chi connectivity index (χ1) is 12.8. The number of pyridine rings is 1. The van der Waals surface area contributed by atoms with Crippen molar-refractivity contribution in [2.75, 3.05) is 11.9 Å². The summed E-state index contributed by atoms with van der Waals surface area (Å²) in [4.78, 5) is 17.5. The number of hydrogen-bond acceptors (Lipinski definition) is 3. The minimum Gasteiger partial charge on any atom is -0.477 e. The summed E-state index contributed by atoms with van der Waals surface area (Å²) < 4.78 is 5.73. The smallest absolute Gasteiger partial charge is 0.227 e. The van der Waals surface area contributed by atoms with Gasteiger partial charge in [0.1, 0.15) is 0 Å². The molecule has 2 saturated carbocycles. The molecule has 1 aromatic heterocycles. The summed E-state index contributed by atoms with van der Waals surface area (Å²) in [5, 5.41) is 3.30. The second-order valence-electron chi connectivity index (χ2n) is 8.33. The molecular weight excluding hydrogens is 324 g/mol. The third kappa shape index (κ3) is 3.89. The summed E-state index contributed by atoms with van der Waals surface area (Å²) in [6, 6.07) is 0. The van der Waals surface area contributed by atoms with E-state index >= 15 is 0 Å². The molecule has 1 aromatic rings. The molecule has 1 N–H and O–H groups in total. The van der Waals surface area contributed by atoms with Crippen molar-refractivity contribution < 1.29 is 9.53 Å². The van der Waals surface area contributed by atoms with E-state index in [-0.39, 0.29) is 11.8 Å². The SMILES string of the molecule is O=C(Nc1cnc2c(c1C1CCCCCC1)CCO2)C1CCCCCC1. The standard InChI is InChI=1S/C22H32N2O2/c25-21(17-11-7-3-4-8-12-17)24-19-15-23-22-18(13-14-26-22)20(19)16-9-5-1-2-6-10-16/h15-17H,1-14H2,(H,24,25). The average molecular weight is 357 g/mol. The van der Waals surface area contributed by atoms with Crippen LogP contribution in [0.15, 0.2) is 6.20 Å². The number of nitrogens with one attached hydrogen (secondary N) is 1. The molecule has 2 aliphatic carbocycles. The summed E-state index contributed by atoms with van der Waals surface area (Å²) in [6.45, 7) is 0.724. The Morgan fingerprint density at radius 2 is 1.62 bits per heavy atom. The Morgan fingerprint density at radius 3 is 2.31 bits per heavy atom. The largest absolute Gasteiger partial charge is 0.477 e. The quantitative estimate of drug-likeness (QED) is 0.741. The van der Waals surface area contributed by atoms with E-state index in [0.717, 1.165) is 37.4 Å². The average Bonchev–Trinajstić information content (AvgIpc) is 2.85. The van der Waals surface area contributed by atoms with Crippen molar-refractivity contribution in [3.8, 4) is 5.88 Å². The van der Waals surface area contributed by atoms with Gasteiger partial charge in [0.15, 0.2) is 0 Å². The van der Waals surface area contributed by atoms with Crippen LogP contribution < -0.4 is 10.1 Å². The topological polar surface area (TPSA) is 51.2 Å². The van der Waals surface area contributed by atoms with Gasteiger partial charge in [-0.2, -0.15) is 0 Å². The van der Waals surface area contributed by atoms with Gasteiger partial charge in [0, 0.05) is 17.9 Å². The zero-order chi connectivity index (χ0) is 17.8. The molecule has 0 atom stereocenters. The Bertz CT molecular complexity index is 627. The predicted octanol–water partition coefficient (Wildman–Crippen LogP) is 5.36. The van der Waals surface area contributed by atoms with Crippen molar-refractivity contribution in [3.05, 3.63) is 17.3 Å². The van der Waals surface area contributed by atoms with E-state index in [9.17, 15) is 4.79 Å². The van der Waals surface area contributed by atoms with Gasteiger partial charge in [-0.25, -0.2) is 4.98 Å². The van der Waals surface area contributed by atoms with Gasteiger partial charge in [0.05, 0.1) is 18.5 Å². The number of ether oxygens (including phenoxy) is 1. The molecule has 0 bridgehead atoms. The highest BCUT2D eigenvalue weighted by molar-refractivity contribution is 5.93. The molecule has 0 unspecified atom stereocenters. The van der Waals surface area contributed by atoms with Crippen LogP contribution in [-0.2, 0) is 11.2 Å². The lowest BCUT2D eigenvalue weighted by Gasteiger charge is -2.23. The summed E-state index contributed by atoms with van der Waals surface area (Å²) >= 11 is 0. The van der Waals surface area contributed by atoms with E-state index in [4.69, 9.17) is 4.74 Å². The van der Waals surface area contributed by atoms with Crippen LogP contribution in [0.5, 0.6) is 5.88 Å². The van der Waals surface area contributed by atoms with Crippen molar-refractivity contribution in [2.45, 2.75) is 89.4 Å². The molecule has 4 rings (SSSR count). The maximum Gasteiger partial charge on any atom is 0.227 e. The fourth-order valence-corrected chi connectivity index (χ4v) is 5.07. The van der Waals surface area contributed by atoms with Gasteiger partial charge < -0.3 is 10.1 Å². The normalized spacial score (nSPS) is 22.2. The molecule has 0 spiro atoms. The van der Waals surface area contributed by atoms with Crippen LogP contribution in [0, 0.1) is 5.92 Å². The van der Waals surface area contributed by atoms with Crippen LogP contribution >= 0.6 is 0 Å². The number of aromatic nitrogens is 1. The van der Waals surface area contributed by atoms with E-state index in [1.54, 1.807) is 0 Å². The first kappa shape index (κ1) is 17.8. The van der Waals surface area contributed by atoms with Crippen LogP contribution in [0.1, 0.15) is 94.1 Å². The molecule has 1 amide bonds. The molecule has 4 nitrogen and oxygen atoms in total. The Labute approximate surface area is 157 Å². The Hall–Kier alpha value is -1.58. The van der Waals surface area contributed by atoms with Gasteiger partial charge in [0.25, 0.3) is 0 Å². The van der Waals surface area contributed by atoms with Crippen LogP contribution in [0.4, 0.5) is 5.69 Å². The predicted molar refractivity (Wildman–Crippen MR) is 104 cm³/mol. The molecule has 0 aromatic carbocycles. The first-order valence-corrected chi connectivity index (χ1v) is 10.8. The van der Waals surface area contributed by atoms with E-state index < -0.39 is 0 Å². The van der Waals surface area contributed by atoms with E-state index in [0.29, 0.717) is 5.92 Å². The lowest BCUT2D eigenvalue weighted by molar-refractivity contribution is -0.120. The van der Waals surface area contributed by atoms with Crippen molar-refractivity contribution in [1.82, 2.24) is 4.98 Å². The van der Waals surface area contributed by atoms with E-state index in [1.807, 2.05) is 6.20 Å². The molecule has 1 aliphatic heterocycles. The van der Waals surface area contributed by atoms with Crippen LogP contribution in [0.2, 0.25) is 0 Å². The monoisotopic (exact) mass is 356 g/mol. The minimum atomic E-state index is 0.170. The minimum absolute atomic E-state index is 0.170. The summed E-state index contributed by atoms with van der Waals surface area (Å²) in [5.41, 5.74) is 3.57. The zero-order valence-electron chi connectivity index (χ0n) is 15.9. The molecular formula is C22H32N2O2. The molecule has 26 heavy (non-hydrogen) atoms. The number of anilines is 1. The van der Waals surface area contributed by atoms with Crippen molar-refractivity contribution in [1.29, 1.82) is 0 Å². The molecule has 142 valence electrons. The van der Waals surface area contributed by atoms with Gasteiger partial charge in [-0.05, 0) is 37.2 Å². The van der Waals surface area contributed by atoms with Crippen LogP contribution in [0.25, 0.3) is 0 Å². The van der Waals surface area contributed by atoms with Crippen molar-refractivity contribution >= 4 is 11.6 Å². The van der Waals surface area contributed by atoms with Gasteiger partial charge in [0.2, 0.25) is 11.8 Å². The fraction of sp³-hybridized carbons (Fsp3) is 0.727. The molecule has 2 heterocycles. The lowest BCUT2D eigenvalue weighted by atomic mass is 9.87. The maximum absolute atomic E-state index is 13.0. The lowest BCUT2D eigenvalue weighted by Crippen LogP contribution is -2.24. The number of amides is 1. The summed E-state index contributed by atoms with van der Waals surface area (Å²) in [5.74, 6) is 1.73. The third-order valence-corrected chi connectivity index (χ3v) is 6.52. The number of nitrogens with zero attached hydrogens (tertiary/aromatic N) is 1.